The van der Waals surface area contributed by atoms with Crippen LogP contribution in [0.4, 0.5) is 0 Å². The molecule has 8 aromatic rings. The average Bonchev–Trinajstić information content (AvgIpc) is 3.74. The van der Waals surface area contributed by atoms with Crippen molar-refractivity contribution >= 4 is 96.5 Å². The number of rotatable bonds is 4. The van der Waals surface area contributed by atoms with Crippen LogP contribution < -0.4 is 0 Å². The highest BCUT2D eigenvalue weighted by molar-refractivity contribution is 7.23. The first-order chi connectivity index (χ1) is 18.7. The fourth-order valence-corrected chi connectivity index (χ4v) is 9.73. The van der Waals surface area contributed by atoms with E-state index in [1.54, 1.807) is 0 Å². The van der Waals surface area contributed by atoms with E-state index in [2.05, 4.69) is 98.8 Å². The minimum absolute atomic E-state index is 1.10. The molecular weight excluding hydrogens is 537 g/mol. The highest BCUT2D eigenvalue weighted by Gasteiger charge is 2.13. The topological polar surface area (TPSA) is 0 Å². The summed E-state index contributed by atoms with van der Waals surface area (Å²) in [5.41, 5.74) is 2.61. The van der Waals surface area contributed by atoms with Crippen LogP contribution in [-0.2, 0) is 12.8 Å². The first kappa shape index (κ1) is 22.9. The largest absolute Gasteiger partial charge is 0.140 e. The molecule has 4 heterocycles. The highest BCUT2D eigenvalue weighted by atomic mass is 32.1. The van der Waals surface area contributed by atoms with Gasteiger partial charge >= 0.3 is 0 Å². The van der Waals surface area contributed by atoms with Gasteiger partial charge in [0.1, 0.15) is 0 Å². The number of benzene rings is 4. The van der Waals surface area contributed by atoms with Crippen molar-refractivity contribution in [2.45, 2.75) is 26.7 Å². The summed E-state index contributed by atoms with van der Waals surface area (Å²) in [7, 11) is 0. The second-order valence-electron chi connectivity index (χ2n) is 9.91. The lowest BCUT2D eigenvalue weighted by Gasteiger charge is -2.04. The molecule has 4 aromatic carbocycles. The molecule has 0 aliphatic rings. The molecule has 4 aromatic heterocycles. The van der Waals surface area contributed by atoms with Crippen molar-refractivity contribution in [1.29, 1.82) is 0 Å². The maximum absolute atomic E-state index is 2.40. The van der Waals surface area contributed by atoms with Gasteiger partial charge in [-0.15, -0.1) is 45.3 Å². The molecule has 0 nitrogen and oxygen atoms in total. The van der Waals surface area contributed by atoms with Gasteiger partial charge in [0, 0.05) is 59.9 Å². The van der Waals surface area contributed by atoms with Gasteiger partial charge in [0.05, 0.1) is 0 Å². The summed E-state index contributed by atoms with van der Waals surface area (Å²) >= 11 is 7.66. The van der Waals surface area contributed by atoms with E-state index in [-0.39, 0.29) is 0 Å². The summed E-state index contributed by atoms with van der Waals surface area (Å²) in [6, 6.07) is 32.7. The summed E-state index contributed by atoms with van der Waals surface area (Å²) in [5.74, 6) is 0. The van der Waals surface area contributed by atoms with Gasteiger partial charge in [-0.2, -0.15) is 0 Å². The molecule has 0 spiro atoms. The smallest absolute Gasteiger partial charge is 0.0356 e. The van der Waals surface area contributed by atoms with Gasteiger partial charge in [-0.3, -0.25) is 0 Å². The SMILES string of the molecule is CCc1cc2c(ccc3sc(-c4ccc5cc(-c6cc7c(ccc8sc(CC)cc87)s6)ccc5c4)cc32)s1. The normalized spacial score (nSPS) is 12.2. The molecular formula is C34H24S4. The van der Waals surface area contributed by atoms with E-state index < -0.39 is 0 Å². The predicted octanol–water partition coefficient (Wildman–Crippen LogP) is 12.2. The molecule has 38 heavy (non-hydrogen) atoms. The van der Waals surface area contributed by atoms with Crippen LogP contribution >= 0.6 is 45.3 Å². The Kier molecular flexibility index (Phi) is 5.28. The van der Waals surface area contributed by atoms with E-state index in [4.69, 9.17) is 0 Å². The molecule has 0 atom stereocenters. The van der Waals surface area contributed by atoms with E-state index in [1.165, 1.54) is 81.8 Å². The number of thiophene rings is 4. The van der Waals surface area contributed by atoms with Gasteiger partial charge < -0.3 is 0 Å². The maximum atomic E-state index is 2.40. The number of aryl methyl sites for hydroxylation is 2. The van der Waals surface area contributed by atoms with Crippen molar-refractivity contribution in [1.82, 2.24) is 0 Å². The van der Waals surface area contributed by atoms with Gasteiger partial charge in [0.25, 0.3) is 0 Å². The quantitative estimate of drug-likeness (QED) is 0.201. The van der Waals surface area contributed by atoms with Gasteiger partial charge in [-0.1, -0.05) is 38.1 Å². The minimum atomic E-state index is 1.10. The van der Waals surface area contributed by atoms with Crippen LogP contribution in [0.2, 0.25) is 0 Å². The predicted molar refractivity (Wildman–Crippen MR) is 175 cm³/mol. The first-order valence-corrected chi connectivity index (χ1v) is 16.4. The molecule has 0 N–H and O–H groups in total. The zero-order valence-electron chi connectivity index (χ0n) is 21.1. The molecule has 184 valence electrons. The number of fused-ring (bicyclic) bond motifs is 7. The third kappa shape index (κ3) is 3.59. The van der Waals surface area contributed by atoms with Gasteiger partial charge in [0.2, 0.25) is 0 Å². The molecule has 0 amide bonds. The number of hydrogen-bond acceptors (Lipinski definition) is 4. The fourth-order valence-electron chi connectivity index (χ4n) is 5.55. The molecule has 0 saturated carbocycles. The monoisotopic (exact) mass is 560 g/mol. The van der Waals surface area contributed by atoms with E-state index in [9.17, 15) is 0 Å². The molecule has 0 fully saturated rings. The van der Waals surface area contributed by atoms with Crippen molar-refractivity contribution in [3.63, 3.8) is 0 Å². The molecule has 8 rings (SSSR count). The van der Waals surface area contributed by atoms with Gasteiger partial charge in [-0.05, 0) is 95.4 Å². The van der Waals surface area contributed by atoms with Crippen LogP contribution in [-0.4, -0.2) is 0 Å². The Bertz CT molecular complexity index is 2010. The van der Waals surface area contributed by atoms with Gasteiger partial charge in [-0.25, -0.2) is 0 Å². The van der Waals surface area contributed by atoms with Crippen LogP contribution in [0.1, 0.15) is 23.6 Å². The van der Waals surface area contributed by atoms with E-state index in [1.807, 2.05) is 45.3 Å². The third-order valence-corrected chi connectivity index (χ3v) is 12.4. The first-order valence-electron chi connectivity index (χ1n) is 13.1. The zero-order valence-corrected chi connectivity index (χ0v) is 24.4. The van der Waals surface area contributed by atoms with E-state index in [0.29, 0.717) is 0 Å². The number of hydrogen-bond donors (Lipinski definition) is 0. The summed E-state index contributed by atoms with van der Waals surface area (Å²) in [6.45, 7) is 4.49. The second kappa shape index (κ2) is 8.75. The molecule has 0 unspecified atom stereocenters. The molecule has 0 bridgehead atoms. The molecule has 0 saturated heterocycles. The van der Waals surface area contributed by atoms with Crippen molar-refractivity contribution in [3.8, 4) is 20.9 Å². The van der Waals surface area contributed by atoms with Gasteiger partial charge in [0.15, 0.2) is 0 Å². The maximum Gasteiger partial charge on any atom is 0.0356 e. The Balaban J connectivity index is 1.19. The summed E-state index contributed by atoms with van der Waals surface area (Å²) in [4.78, 5) is 5.62. The molecule has 0 aliphatic heterocycles. The van der Waals surface area contributed by atoms with Crippen molar-refractivity contribution in [2.24, 2.45) is 0 Å². The van der Waals surface area contributed by atoms with Crippen LogP contribution in [0, 0.1) is 0 Å². The third-order valence-electron chi connectivity index (χ3n) is 7.60. The minimum Gasteiger partial charge on any atom is -0.140 e. The van der Waals surface area contributed by atoms with Crippen LogP contribution in [0.25, 0.3) is 72.0 Å². The Morgan fingerprint density at radius 3 is 1.24 bits per heavy atom. The van der Waals surface area contributed by atoms with Crippen molar-refractivity contribution < 1.29 is 0 Å². The zero-order chi connectivity index (χ0) is 25.4. The lowest BCUT2D eigenvalue weighted by atomic mass is 10.0. The Morgan fingerprint density at radius 1 is 0.421 bits per heavy atom. The lowest BCUT2D eigenvalue weighted by molar-refractivity contribution is 1.19. The standard InChI is InChI=1S/C34H24S4/c1-3-23-15-25-27-17-33(37-31(27)11-9-29(25)35-23)21-7-5-20-14-22(8-6-19(20)13-21)34-18-28-26-16-24(4-2)36-30(26)10-12-32(28)38-34/h5-18H,3-4H2,1-2H3. The summed E-state index contributed by atoms with van der Waals surface area (Å²) in [5, 5.41) is 8.20. The van der Waals surface area contributed by atoms with E-state index in [0.717, 1.165) is 12.8 Å². The van der Waals surface area contributed by atoms with Crippen LogP contribution in [0.15, 0.2) is 84.9 Å². The highest BCUT2D eigenvalue weighted by Crippen LogP contribution is 2.42. The molecule has 0 radical (unpaired) electrons. The molecule has 0 aliphatic carbocycles. The van der Waals surface area contributed by atoms with Crippen molar-refractivity contribution in [3.05, 3.63) is 94.7 Å². The van der Waals surface area contributed by atoms with Crippen molar-refractivity contribution in [2.75, 3.05) is 0 Å². The Morgan fingerprint density at radius 2 is 0.816 bits per heavy atom. The Hall–Kier alpha value is -3.02. The van der Waals surface area contributed by atoms with Crippen LogP contribution in [0.3, 0.4) is 0 Å². The second-order valence-corrected chi connectivity index (χ2v) is 14.4. The Labute approximate surface area is 237 Å². The van der Waals surface area contributed by atoms with E-state index >= 15 is 0 Å². The molecule has 4 heteroatoms. The lowest BCUT2D eigenvalue weighted by Crippen LogP contribution is -1.78. The average molecular weight is 561 g/mol. The van der Waals surface area contributed by atoms with Crippen LogP contribution in [0.5, 0.6) is 0 Å². The fraction of sp³-hybridized carbons (Fsp3) is 0.118. The summed E-state index contributed by atoms with van der Waals surface area (Å²) in [6.07, 6.45) is 2.20. The summed E-state index contributed by atoms with van der Waals surface area (Å²) < 4.78 is 5.55.